The molecule has 0 bridgehead atoms. The summed E-state index contributed by atoms with van der Waals surface area (Å²) in [5, 5.41) is 7.99. The highest BCUT2D eigenvalue weighted by atomic mass is 32.1. The topological polar surface area (TPSA) is 65.8 Å². The fourth-order valence-electron chi connectivity index (χ4n) is 3.70. The highest BCUT2D eigenvalue weighted by Crippen LogP contribution is 2.31. The summed E-state index contributed by atoms with van der Waals surface area (Å²) in [6, 6.07) is 10.8. The number of piperazine rings is 1. The molecule has 32 heavy (non-hydrogen) atoms. The Morgan fingerprint density at radius 1 is 1.06 bits per heavy atom. The van der Waals surface area contributed by atoms with Crippen molar-refractivity contribution in [3.8, 4) is 0 Å². The van der Waals surface area contributed by atoms with E-state index in [0.717, 1.165) is 71.6 Å². The van der Waals surface area contributed by atoms with Crippen molar-refractivity contribution >= 4 is 43.7 Å². The number of aromatic nitrogens is 3. The van der Waals surface area contributed by atoms with Crippen molar-refractivity contribution in [2.45, 2.75) is 6.18 Å². The van der Waals surface area contributed by atoms with E-state index >= 15 is 0 Å². The van der Waals surface area contributed by atoms with E-state index in [2.05, 4.69) is 32.2 Å². The lowest BCUT2D eigenvalue weighted by Gasteiger charge is -2.34. The number of nitrogens with zero attached hydrogens (tertiary/aromatic N) is 5. The van der Waals surface area contributed by atoms with E-state index in [9.17, 15) is 18.0 Å². The number of fused-ring (bicyclic) bond motifs is 2. The molecule has 11 heteroatoms. The molecule has 1 saturated heterocycles. The molecule has 3 heterocycles. The zero-order chi connectivity index (χ0) is 22.5. The molecule has 0 spiro atoms. The maximum atomic E-state index is 13.0. The normalized spacial score (nSPS) is 15.6. The van der Waals surface area contributed by atoms with Gasteiger partial charge in [-0.3, -0.25) is 4.79 Å². The molecule has 1 N–H and O–H groups in total. The van der Waals surface area contributed by atoms with Crippen molar-refractivity contribution < 1.29 is 13.2 Å². The number of halogens is 3. The van der Waals surface area contributed by atoms with Crippen LogP contribution in [0.15, 0.2) is 47.3 Å². The first kappa shape index (κ1) is 20.7. The summed E-state index contributed by atoms with van der Waals surface area (Å²) < 4.78 is 40.2. The second-order valence-corrected chi connectivity index (χ2v) is 8.67. The predicted octanol–water partition coefficient (Wildman–Crippen LogP) is 3.82. The minimum absolute atomic E-state index is 0.00270. The van der Waals surface area contributed by atoms with Crippen LogP contribution in [-0.2, 0) is 6.18 Å². The fourth-order valence-corrected chi connectivity index (χ4v) is 4.52. The summed E-state index contributed by atoms with van der Waals surface area (Å²) in [5.74, 6) is 0. The molecule has 2 aromatic heterocycles. The van der Waals surface area contributed by atoms with Gasteiger partial charge in [0.25, 0.3) is 5.56 Å². The Hall–Kier alpha value is -3.18. The minimum atomic E-state index is -4.50. The van der Waals surface area contributed by atoms with Gasteiger partial charge in [0.2, 0.25) is 10.1 Å². The van der Waals surface area contributed by atoms with Gasteiger partial charge in [-0.15, -0.1) is 5.10 Å². The summed E-state index contributed by atoms with van der Waals surface area (Å²) in [5.41, 5.74) is 0.540. The van der Waals surface area contributed by atoms with Gasteiger partial charge in [-0.05, 0) is 43.4 Å². The summed E-state index contributed by atoms with van der Waals surface area (Å²) in [6.45, 7) is 3.86. The van der Waals surface area contributed by atoms with Crippen LogP contribution in [-0.4, -0.2) is 52.7 Å². The first-order valence-corrected chi connectivity index (χ1v) is 10.8. The fraction of sp³-hybridized carbons (Fsp3) is 0.286. The van der Waals surface area contributed by atoms with E-state index in [1.165, 1.54) is 0 Å². The van der Waals surface area contributed by atoms with Crippen LogP contribution in [0.1, 0.15) is 5.56 Å². The number of anilines is 3. The Morgan fingerprint density at radius 2 is 1.84 bits per heavy atom. The van der Waals surface area contributed by atoms with Gasteiger partial charge in [-0.2, -0.15) is 17.7 Å². The zero-order valence-electron chi connectivity index (χ0n) is 17.1. The lowest BCUT2D eigenvalue weighted by Crippen LogP contribution is -2.44. The Kier molecular flexibility index (Phi) is 5.01. The standard InChI is InChI=1S/C21H19F3N6OS/c1-28-7-9-29(10-8-28)15-4-2-3-14(12-15)25-19-27-30-18(31)16-6-5-13(21(22,23)24)11-17(16)26-20(30)32-19/h2-6,11-12H,7-10H2,1H3,(H,25,27). The van der Waals surface area contributed by atoms with E-state index in [-0.39, 0.29) is 15.9 Å². The number of nitrogens with one attached hydrogen (secondary N) is 1. The molecular weight excluding hydrogens is 441 g/mol. The molecule has 0 radical (unpaired) electrons. The molecule has 2 aromatic carbocycles. The van der Waals surface area contributed by atoms with E-state index in [4.69, 9.17) is 0 Å². The van der Waals surface area contributed by atoms with Gasteiger partial charge in [0, 0.05) is 37.6 Å². The van der Waals surface area contributed by atoms with Crippen molar-refractivity contribution in [1.29, 1.82) is 0 Å². The second-order valence-electron chi connectivity index (χ2n) is 7.71. The Balaban J connectivity index is 1.46. The number of likely N-dealkylation sites (N-methyl/N-ethyl adjacent to an activating group) is 1. The van der Waals surface area contributed by atoms with Crippen LogP contribution >= 0.6 is 11.3 Å². The van der Waals surface area contributed by atoms with Crippen LogP contribution in [0.2, 0.25) is 0 Å². The van der Waals surface area contributed by atoms with Crippen LogP contribution in [0.4, 0.5) is 29.7 Å². The van der Waals surface area contributed by atoms with Gasteiger partial charge < -0.3 is 15.1 Å². The molecule has 5 rings (SSSR count). The number of hydrogen-bond acceptors (Lipinski definition) is 7. The van der Waals surface area contributed by atoms with Crippen LogP contribution in [0.3, 0.4) is 0 Å². The zero-order valence-corrected chi connectivity index (χ0v) is 17.9. The number of rotatable bonds is 3. The number of benzene rings is 2. The van der Waals surface area contributed by atoms with Gasteiger partial charge in [0.15, 0.2) is 0 Å². The average molecular weight is 460 g/mol. The van der Waals surface area contributed by atoms with E-state index in [1.54, 1.807) is 0 Å². The second kappa shape index (κ2) is 7.75. The molecule has 0 aliphatic carbocycles. The van der Waals surface area contributed by atoms with Crippen molar-refractivity contribution in [2.75, 3.05) is 43.4 Å². The van der Waals surface area contributed by atoms with Gasteiger partial charge in [0.1, 0.15) is 0 Å². The summed E-state index contributed by atoms with van der Waals surface area (Å²) in [6.07, 6.45) is -4.50. The molecular formula is C21H19F3N6OS. The largest absolute Gasteiger partial charge is 0.416 e. The van der Waals surface area contributed by atoms with E-state index < -0.39 is 17.3 Å². The SMILES string of the molecule is CN1CCN(c2cccc(Nc3nn4c(=O)c5ccc(C(F)(F)F)cc5nc4s3)c2)CC1. The highest BCUT2D eigenvalue weighted by molar-refractivity contribution is 7.20. The highest BCUT2D eigenvalue weighted by Gasteiger charge is 2.31. The third-order valence-corrected chi connectivity index (χ3v) is 6.31. The molecule has 4 aromatic rings. The van der Waals surface area contributed by atoms with Crippen LogP contribution in [0.25, 0.3) is 15.9 Å². The molecule has 0 saturated carbocycles. The molecule has 0 unspecified atom stereocenters. The van der Waals surface area contributed by atoms with Gasteiger partial charge in [-0.25, -0.2) is 4.98 Å². The maximum absolute atomic E-state index is 13.0. The maximum Gasteiger partial charge on any atom is 0.416 e. The van der Waals surface area contributed by atoms with Crippen molar-refractivity contribution in [2.24, 2.45) is 0 Å². The third-order valence-electron chi connectivity index (χ3n) is 5.49. The van der Waals surface area contributed by atoms with Crippen molar-refractivity contribution in [3.05, 3.63) is 58.4 Å². The van der Waals surface area contributed by atoms with E-state index in [1.807, 2.05) is 24.3 Å². The minimum Gasteiger partial charge on any atom is -0.369 e. The smallest absolute Gasteiger partial charge is 0.369 e. The van der Waals surface area contributed by atoms with Crippen LogP contribution in [0.5, 0.6) is 0 Å². The van der Waals surface area contributed by atoms with Crippen molar-refractivity contribution in [3.63, 3.8) is 0 Å². The van der Waals surface area contributed by atoms with Crippen LogP contribution in [0, 0.1) is 0 Å². The quantitative estimate of drug-likeness (QED) is 0.502. The molecule has 1 aliphatic rings. The van der Waals surface area contributed by atoms with Gasteiger partial charge in [-0.1, -0.05) is 17.4 Å². The Labute approximate surface area is 184 Å². The monoisotopic (exact) mass is 460 g/mol. The van der Waals surface area contributed by atoms with E-state index in [0.29, 0.717) is 5.13 Å². The first-order valence-electron chi connectivity index (χ1n) is 9.99. The molecule has 1 fully saturated rings. The summed E-state index contributed by atoms with van der Waals surface area (Å²) in [4.78, 5) is 21.8. The Bertz CT molecular complexity index is 1360. The van der Waals surface area contributed by atoms with Gasteiger partial charge in [0.05, 0.1) is 16.5 Å². The predicted molar refractivity (Wildman–Crippen MR) is 119 cm³/mol. The summed E-state index contributed by atoms with van der Waals surface area (Å²) >= 11 is 1.10. The molecule has 1 aliphatic heterocycles. The van der Waals surface area contributed by atoms with Gasteiger partial charge >= 0.3 is 6.18 Å². The average Bonchev–Trinajstić information content (AvgIpc) is 3.16. The third kappa shape index (κ3) is 3.89. The first-order chi connectivity index (χ1) is 15.3. The molecule has 0 amide bonds. The summed E-state index contributed by atoms with van der Waals surface area (Å²) in [7, 11) is 2.10. The lowest BCUT2D eigenvalue weighted by molar-refractivity contribution is -0.137. The van der Waals surface area contributed by atoms with Crippen LogP contribution < -0.4 is 15.8 Å². The molecule has 7 nitrogen and oxygen atoms in total. The molecule has 166 valence electrons. The Morgan fingerprint density at radius 3 is 2.59 bits per heavy atom. The number of alkyl halides is 3. The van der Waals surface area contributed by atoms with Crippen molar-refractivity contribution in [1.82, 2.24) is 19.5 Å². The number of hydrogen-bond donors (Lipinski definition) is 1. The lowest BCUT2D eigenvalue weighted by atomic mass is 10.1. The molecule has 0 atom stereocenters.